The number of fused-ring (bicyclic) bond motifs is 2. The fourth-order valence-corrected chi connectivity index (χ4v) is 5.77. The summed E-state index contributed by atoms with van der Waals surface area (Å²) in [6.45, 7) is 2.87. The maximum atomic E-state index is 13.5. The van der Waals surface area contributed by atoms with Crippen LogP contribution in [0.4, 0.5) is 5.13 Å². The third-order valence-corrected chi connectivity index (χ3v) is 7.77. The summed E-state index contributed by atoms with van der Waals surface area (Å²) in [6, 6.07) is 17.2. The Morgan fingerprint density at radius 2 is 1.82 bits per heavy atom. The van der Waals surface area contributed by atoms with Gasteiger partial charge in [-0.15, -0.1) is 0 Å². The van der Waals surface area contributed by atoms with E-state index >= 15 is 0 Å². The van der Waals surface area contributed by atoms with Gasteiger partial charge >= 0.3 is 5.91 Å². The molecule has 2 aliphatic heterocycles. The Kier molecular flexibility index (Phi) is 6.00. The van der Waals surface area contributed by atoms with Gasteiger partial charge in [0.2, 0.25) is 0 Å². The Hall–Kier alpha value is -4.37. The Labute approximate surface area is 222 Å². The summed E-state index contributed by atoms with van der Waals surface area (Å²) in [7, 11) is 1.58. The third-order valence-electron chi connectivity index (χ3n) is 6.75. The second kappa shape index (κ2) is 9.50. The number of benzene rings is 3. The van der Waals surface area contributed by atoms with Crippen molar-refractivity contribution in [3.63, 3.8) is 0 Å². The zero-order valence-corrected chi connectivity index (χ0v) is 21.6. The van der Waals surface area contributed by atoms with Crippen LogP contribution < -0.4 is 19.1 Å². The van der Waals surface area contributed by atoms with Crippen LogP contribution in [0, 0.1) is 0 Å². The number of methoxy groups -OCH3 is 1. The summed E-state index contributed by atoms with van der Waals surface area (Å²) in [6.07, 6.45) is 0.845. The van der Waals surface area contributed by atoms with Crippen LogP contribution in [-0.4, -0.2) is 42.1 Å². The highest BCUT2D eigenvalue weighted by Gasteiger charge is 2.48. The van der Waals surface area contributed by atoms with Crippen LogP contribution in [0.1, 0.15) is 29.7 Å². The van der Waals surface area contributed by atoms with E-state index in [4.69, 9.17) is 14.2 Å². The summed E-state index contributed by atoms with van der Waals surface area (Å²) in [5.74, 6) is -0.114. The molecule has 8 nitrogen and oxygen atoms in total. The molecule has 6 rings (SSSR count). The SMILES string of the molecule is CCc1ccc(C2C(=C(O)c3ccc4c(c3)OCCO4)C(=O)C(=O)N2c2nc3ccc(OC)cc3s2)cc1. The van der Waals surface area contributed by atoms with Crippen molar-refractivity contribution < 1.29 is 28.9 Å². The molecule has 1 saturated heterocycles. The van der Waals surface area contributed by atoms with E-state index in [1.54, 1.807) is 31.4 Å². The summed E-state index contributed by atoms with van der Waals surface area (Å²) in [5.41, 5.74) is 2.84. The van der Waals surface area contributed by atoms with E-state index in [9.17, 15) is 14.7 Å². The average Bonchev–Trinajstić information content (AvgIpc) is 3.49. The number of hydrogen-bond acceptors (Lipinski definition) is 8. The fourth-order valence-electron chi connectivity index (χ4n) is 4.75. The maximum Gasteiger partial charge on any atom is 0.301 e. The van der Waals surface area contributed by atoms with Gasteiger partial charge < -0.3 is 19.3 Å². The van der Waals surface area contributed by atoms with Crippen molar-refractivity contribution in [1.29, 1.82) is 0 Å². The first-order valence-corrected chi connectivity index (χ1v) is 13.0. The predicted octanol–water partition coefficient (Wildman–Crippen LogP) is 5.26. The molecule has 1 atom stereocenters. The van der Waals surface area contributed by atoms with Crippen molar-refractivity contribution in [2.45, 2.75) is 19.4 Å². The number of hydrogen-bond donors (Lipinski definition) is 1. The molecule has 192 valence electrons. The zero-order chi connectivity index (χ0) is 26.4. The summed E-state index contributed by atoms with van der Waals surface area (Å²) in [4.78, 5) is 33.1. The number of carbonyl (C=O) groups excluding carboxylic acids is 2. The average molecular weight is 529 g/mol. The number of anilines is 1. The van der Waals surface area contributed by atoms with Gasteiger partial charge in [-0.2, -0.15) is 0 Å². The highest BCUT2D eigenvalue weighted by Crippen LogP contribution is 2.45. The standard InChI is InChI=1S/C29H24N2O6S/c1-3-16-4-6-17(7-5-16)25-24(26(32)18-8-11-21-22(14-18)37-13-12-36-21)27(33)28(34)31(25)29-30-20-10-9-19(35-2)15-23(20)38-29/h4-11,14-15,25,32H,3,12-13H2,1-2H3. The van der Waals surface area contributed by atoms with Gasteiger partial charge in [0.05, 0.1) is 28.9 Å². The van der Waals surface area contributed by atoms with E-state index < -0.39 is 17.7 Å². The van der Waals surface area contributed by atoms with Crippen molar-refractivity contribution in [3.8, 4) is 17.2 Å². The van der Waals surface area contributed by atoms with Crippen molar-refractivity contribution in [2.75, 3.05) is 25.2 Å². The minimum atomic E-state index is -0.864. The molecule has 1 aromatic heterocycles. The van der Waals surface area contributed by atoms with Gasteiger partial charge in [0.25, 0.3) is 5.78 Å². The number of thiazole rings is 1. The smallest absolute Gasteiger partial charge is 0.301 e. The minimum absolute atomic E-state index is 0.00670. The second-order valence-electron chi connectivity index (χ2n) is 8.95. The van der Waals surface area contributed by atoms with Gasteiger partial charge in [0.1, 0.15) is 24.7 Å². The molecule has 1 unspecified atom stereocenters. The highest BCUT2D eigenvalue weighted by molar-refractivity contribution is 7.22. The number of aryl methyl sites for hydroxylation is 1. The molecule has 0 spiro atoms. The van der Waals surface area contributed by atoms with Gasteiger partial charge in [-0.3, -0.25) is 14.5 Å². The van der Waals surface area contributed by atoms with E-state index in [1.807, 2.05) is 36.4 Å². The Morgan fingerprint density at radius 1 is 1.05 bits per heavy atom. The second-order valence-corrected chi connectivity index (χ2v) is 9.96. The lowest BCUT2D eigenvalue weighted by molar-refractivity contribution is -0.132. The first-order valence-electron chi connectivity index (χ1n) is 12.2. The minimum Gasteiger partial charge on any atom is -0.507 e. The molecule has 4 aromatic rings. The molecule has 38 heavy (non-hydrogen) atoms. The highest BCUT2D eigenvalue weighted by atomic mass is 32.1. The number of aromatic nitrogens is 1. The van der Waals surface area contributed by atoms with Crippen molar-refractivity contribution in [1.82, 2.24) is 4.98 Å². The number of rotatable bonds is 5. The fraction of sp³-hybridized carbons (Fsp3) is 0.207. The first-order chi connectivity index (χ1) is 18.5. The van der Waals surface area contributed by atoms with E-state index in [1.165, 1.54) is 16.2 Å². The van der Waals surface area contributed by atoms with Crippen LogP contribution in [0.15, 0.2) is 66.2 Å². The maximum absolute atomic E-state index is 13.5. The van der Waals surface area contributed by atoms with Gasteiger partial charge in [-0.05, 0) is 53.9 Å². The Morgan fingerprint density at radius 3 is 2.55 bits per heavy atom. The lowest BCUT2D eigenvalue weighted by Gasteiger charge is -2.23. The first kappa shape index (κ1) is 24.0. The van der Waals surface area contributed by atoms with Crippen molar-refractivity contribution >= 4 is 44.1 Å². The molecule has 3 heterocycles. The number of nitrogens with zero attached hydrogens (tertiary/aromatic N) is 2. The number of aliphatic hydroxyl groups is 1. The predicted molar refractivity (Wildman–Crippen MR) is 144 cm³/mol. The van der Waals surface area contributed by atoms with Crippen molar-refractivity contribution in [2.24, 2.45) is 0 Å². The quantitative estimate of drug-likeness (QED) is 0.214. The lowest BCUT2D eigenvalue weighted by atomic mass is 9.94. The van der Waals surface area contributed by atoms with Crippen LogP contribution in [0.5, 0.6) is 17.2 Å². The lowest BCUT2D eigenvalue weighted by Crippen LogP contribution is -2.29. The van der Waals surface area contributed by atoms with E-state index in [2.05, 4.69) is 11.9 Å². The van der Waals surface area contributed by atoms with E-state index in [0.29, 0.717) is 52.2 Å². The van der Waals surface area contributed by atoms with E-state index in [-0.39, 0.29) is 11.3 Å². The normalized spacial score (nSPS) is 18.3. The molecule has 3 aromatic carbocycles. The van der Waals surface area contributed by atoms with Crippen molar-refractivity contribution in [3.05, 3.63) is 82.9 Å². The zero-order valence-electron chi connectivity index (χ0n) is 20.8. The summed E-state index contributed by atoms with van der Waals surface area (Å²) >= 11 is 1.29. The molecule has 9 heteroatoms. The van der Waals surface area contributed by atoms with Gasteiger partial charge in [0, 0.05) is 5.56 Å². The molecule has 1 amide bonds. The number of ether oxygens (including phenoxy) is 3. The molecular weight excluding hydrogens is 504 g/mol. The summed E-state index contributed by atoms with van der Waals surface area (Å²) < 4.78 is 17.4. The molecule has 0 bridgehead atoms. The number of aliphatic hydroxyl groups excluding tert-OH is 1. The van der Waals surface area contributed by atoms with Crippen LogP contribution >= 0.6 is 11.3 Å². The molecule has 1 fully saturated rings. The Bertz CT molecular complexity index is 1610. The molecule has 0 aliphatic carbocycles. The van der Waals surface area contributed by atoms with Crippen LogP contribution in [0.2, 0.25) is 0 Å². The molecule has 2 aliphatic rings. The molecular formula is C29H24N2O6S. The van der Waals surface area contributed by atoms with Crippen LogP contribution in [0.3, 0.4) is 0 Å². The molecule has 0 saturated carbocycles. The third kappa shape index (κ3) is 3.95. The summed E-state index contributed by atoms with van der Waals surface area (Å²) in [5, 5.41) is 11.8. The van der Waals surface area contributed by atoms with Gasteiger partial charge in [-0.1, -0.05) is 42.5 Å². The number of ketones is 1. The number of carbonyl (C=O) groups is 2. The molecule has 1 N–H and O–H groups in total. The number of Topliss-reactive ketones (excluding diaryl/α,β-unsaturated/α-hetero) is 1. The number of amides is 1. The molecule has 0 radical (unpaired) electrons. The van der Waals surface area contributed by atoms with Gasteiger partial charge in [-0.25, -0.2) is 4.98 Å². The topological polar surface area (TPSA) is 98.2 Å². The van der Waals surface area contributed by atoms with Crippen LogP contribution in [0.25, 0.3) is 16.0 Å². The van der Waals surface area contributed by atoms with Gasteiger partial charge in [0.15, 0.2) is 16.6 Å². The van der Waals surface area contributed by atoms with Crippen LogP contribution in [-0.2, 0) is 16.0 Å². The monoisotopic (exact) mass is 528 g/mol. The van der Waals surface area contributed by atoms with E-state index in [0.717, 1.165) is 16.7 Å². The Balaban J connectivity index is 1.52. The largest absolute Gasteiger partial charge is 0.507 e.